The monoisotopic (exact) mass is 519 g/mol. The van der Waals surface area contributed by atoms with E-state index in [-0.39, 0.29) is 24.6 Å². The summed E-state index contributed by atoms with van der Waals surface area (Å²) >= 11 is 0. The number of hydrogen-bond acceptors (Lipinski definition) is 6. The van der Waals surface area contributed by atoms with Gasteiger partial charge in [-0.3, -0.25) is 4.79 Å². The predicted octanol–water partition coefficient (Wildman–Crippen LogP) is 6.39. The molecule has 1 heterocycles. The van der Waals surface area contributed by atoms with E-state index >= 15 is 0 Å². The number of rotatable bonds is 7. The predicted molar refractivity (Wildman–Crippen MR) is 154 cm³/mol. The summed E-state index contributed by atoms with van der Waals surface area (Å²) in [6.45, 7) is 23.3. The van der Waals surface area contributed by atoms with Crippen molar-refractivity contribution in [2.24, 2.45) is 5.92 Å². The Morgan fingerprint density at radius 3 is 2.22 bits per heavy atom. The molecule has 0 bridgehead atoms. The molecule has 0 fully saturated rings. The zero-order valence-corrected chi connectivity index (χ0v) is 25.6. The number of nitrogens with zero attached hydrogens (tertiary/aromatic N) is 3. The van der Waals surface area contributed by atoms with Gasteiger partial charge in [0.1, 0.15) is 12.1 Å². The Bertz CT molecular complexity index is 849. The molecule has 0 aromatic rings. The van der Waals surface area contributed by atoms with Crippen LogP contribution in [0.4, 0.5) is 4.79 Å². The molecule has 2 aliphatic rings. The first-order valence-corrected chi connectivity index (χ1v) is 13.6. The van der Waals surface area contributed by atoms with E-state index in [9.17, 15) is 9.59 Å². The van der Waals surface area contributed by atoms with Crippen LogP contribution in [0.2, 0.25) is 0 Å². The van der Waals surface area contributed by atoms with Crippen molar-refractivity contribution in [2.45, 2.75) is 86.8 Å². The normalized spacial score (nSPS) is 17.1. The van der Waals surface area contributed by atoms with Crippen LogP contribution in [0.15, 0.2) is 47.3 Å². The highest BCUT2D eigenvalue weighted by atomic mass is 16.6. The molecule has 212 valence electrons. The molecule has 0 aromatic carbocycles. The molecule has 1 amide bonds. The number of likely N-dealkylation sites (N-methyl/N-ethyl adjacent to an activating group) is 2. The SMILES string of the molecule is C=C(C1=C(N(C)C2C=CC(C(C)C)=CC2)CCN(C(=O)OC(C)(C)C)C1)N(C)CC(=O)OC.CC.CC. The molecule has 0 N–H and O–H groups in total. The van der Waals surface area contributed by atoms with Crippen LogP contribution in [-0.2, 0) is 14.3 Å². The van der Waals surface area contributed by atoms with Gasteiger partial charge >= 0.3 is 12.1 Å². The van der Waals surface area contributed by atoms with Crippen LogP contribution < -0.4 is 0 Å². The Kier molecular flexibility index (Phi) is 15.0. The van der Waals surface area contributed by atoms with Gasteiger partial charge in [0.25, 0.3) is 0 Å². The molecule has 0 saturated carbocycles. The minimum absolute atomic E-state index is 0.0894. The number of carbonyl (C=O) groups is 2. The lowest BCUT2D eigenvalue weighted by molar-refractivity contribution is -0.141. The molecule has 0 saturated heterocycles. The summed E-state index contributed by atoms with van der Waals surface area (Å²) in [5.74, 6) is 0.168. The van der Waals surface area contributed by atoms with Crippen LogP contribution >= 0.6 is 0 Å². The number of amides is 1. The molecule has 2 rings (SSSR count). The second kappa shape index (κ2) is 16.2. The average Bonchev–Trinajstić information content (AvgIpc) is 2.88. The molecule has 1 unspecified atom stereocenters. The van der Waals surface area contributed by atoms with Gasteiger partial charge in [-0.1, -0.05) is 66.3 Å². The molecule has 7 heteroatoms. The molecule has 1 aliphatic carbocycles. The number of allylic oxidation sites excluding steroid dienone is 2. The van der Waals surface area contributed by atoms with Gasteiger partial charge < -0.3 is 24.2 Å². The Morgan fingerprint density at radius 1 is 1.16 bits per heavy atom. The Balaban J connectivity index is 0.00000308. The molecule has 37 heavy (non-hydrogen) atoms. The van der Waals surface area contributed by atoms with E-state index in [1.54, 1.807) is 9.80 Å². The molecular formula is C30H53N3O4. The lowest BCUT2D eigenvalue weighted by Gasteiger charge is -2.40. The summed E-state index contributed by atoms with van der Waals surface area (Å²) in [7, 11) is 5.28. The second-order valence-electron chi connectivity index (χ2n) is 10.1. The van der Waals surface area contributed by atoms with Gasteiger partial charge in [-0.15, -0.1) is 0 Å². The first-order valence-electron chi connectivity index (χ1n) is 13.6. The molecule has 7 nitrogen and oxygen atoms in total. The van der Waals surface area contributed by atoms with E-state index in [0.29, 0.717) is 31.1 Å². The topological polar surface area (TPSA) is 62.3 Å². The number of ether oxygens (including phenoxy) is 2. The van der Waals surface area contributed by atoms with Crippen molar-refractivity contribution in [1.82, 2.24) is 14.7 Å². The van der Waals surface area contributed by atoms with Crippen molar-refractivity contribution in [2.75, 3.05) is 40.8 Å². The van der Waals surface area contributed by atoms with Gasteiger partial charge in [0.05, 0.1) is 19.7 Å². The van der Waals surface area contributed by atoms with Crippen LogP contribution in [0.25, 0.3) is 0 Å². The molecule has 1 atom stereocenters. The third-order valence-corrected chi connectivity index (χ3v) is 6.07. The number of esters is 1. The van der Waals surface area contributed by atoms with E-state index in [4.69, 9.17) is 9.47 Å². The van der Waals surface area contributed by atoms with Crippen molar-refractivity contribution >= 4 is 12.1 Å². The first-order chi connectivity index (χ1) is 17.3. The van der Waals surface area contributed by atoms with Gasteiger partial charge in [-0.2, -0.15) is 0 Å². The largest absolute Gasteiger partial charge is 0.468 e. The minimum Gasteiger partial charge on any atom is -0.468 e. The van der Waals surface area contributed by atoms with Crippen molar-refractivity contribution < 1.29 is 19.1 Å². The summed E-state index contributed by atoms with van der Waals surface area (Å²) < 4.78 is 10.4. The maximum absolute atomic E-state index is 12.8. The van der Waals surface area contributed by atoms with Crippen LogP contribution in [0.1, 0.15) is 75.2 Å². The van der Waals surface area contributed by atoms with E-state index in [0.717, 1.165) is 17.7 Å². The van der Waals surface area contributed by atoms with E-state index in [1.165, 1.54) is 12.7 Å². The van der Waals surface area contributed by atoms with Crippen LogP contribution in [0.3, 0.4) is 0 Å². The molecule has 0 aromatic heterocycles. The van der Waals surface area contributed by atoms with Gasteiger partial charge in [-0.05, 0) is 38.7 Å². The number of hydrogen-bond donors (Lipinski definition) is 0. The highest BCUT2D eigenvalue weighted by Crippen LogP contribution is 2.31. The standard InChI is InChI=1S/C26H41N3O4.2C2H6/c1-18(2)20-10-12-21(13-11-20)28(8)23-14-15-29(25(31)33-26(4,5)6)16-22(23)19(3)27(7)17-24(30)32-9;2*1-2/h10-12,18,21H,3,13-17H2,1-2,4-9H3;2*1-2H3. The average molecular weight is 520 g/mol. The van der Waals surface area contributed by atoms with Gasteiger partial charge in [0.2, 0.25) is 0 Å². The van der Waals surface area contributed by atoms with E-state index in [2.05, 4.69) is 50.6 Å². The Morgan fingerprint density at radius 2 is 1.76 bits per heavy atom. The van der Waals surface area contributed by atoms with Crippen LogP contribution in [0, 0.1) is 5.92 Å². The maximum atomic E-state index is 12.8. The highest BCUT2D eigenvalue weighted by molar-refractivity contribution is 5.72. The molecule has 0 radical (unpaired) electrons. The summed E-state index contributed by atoms with van der Waals surface area (Å²) in [4.78, 5) is 30.4. The summed E-state index contributed by atoms with van der Waals surface area (Å²) in [6, 6.07) is 0.226. The van der Waals surface area contributed by atoms with Crippen molar-refractivity contribution in [3.8, 4) is 0 Å². The fourth-order valence-corrected chi connectivity index (χ4v) is 4.01. The fourth-order valence-electron chi connectivity index (χ4n) is 4.01. The zero-order chi connectivity index (χ0) is 28.9. The third kappa shape index (κ3) is 10.7. The third-order valence-electron chi connectivity index (χ3n) is 6.07. The lowest BCUT2D eigenvalue weighted by Crippen LogP contribution is -2.45. The smallest absolute Gasteiger partial charge is 0.410 e. The van der Waals surface area contributed by atoms with Crippen molar-refractivity contribution in [3.05, 3.63) is 47.3 Å². The summed E-state index contributed by atoms with van der Waals surface area (Å²) in [6.07, 6.45) is 8.04. The van der Waals surface area contributed by atoms with Gasteiger partial charge in [-0.25, -0.2) is 4.79 Å². The zero-order valence-electron chi connectivity index (χ0n) is 25.6. The maximum Gasteiger partial charge on any atom is 0.410 e. The summed E-state index contributed by atoms with van der Waals surface area (Å²) in [5.41, 5.74) is 3.56. The quantitative estimate of drug-likeness (QED) is 0.363. The lowest BCUT2D eigenvalue weighted by atomic mass is 9.93. The number of carbonyl (C=O) groups excluding carboxylic acids is 2. The highest BCUT2D eigenvalue weighted by Gasteiger charge is 2.31. The van der Waals surface area contributed by atoms with E-state index in [1.807, 2.05) is 55.5 Å². The van der Waals surface area contributed by atoms with Crippen LogP contribution in [0.5, 0.6) is 0 Å². The van der Waals surface area contributed by atoms with Crippen molar-refractivity contribution in [3.63, 3.8) is 0 Å². The van der Waals surface area contributed by atoms with Crippen molar-refractivity contribution in [1.29, 1.82) is 0 Å². The Labute approximate surface area is 226 Å². The van der Waals surface area contributed by atoms with Gasteiger partial charge in [0.15, 0.2) is 0 Å². The minimum atomic E-state index is -0.565. The molecule has 0 spiro atoms. The van der Waals surface area contributed by atoms with E-state index < -0.39 is 5.60 Å². The first kappa shape index (κ1) is 34.3. The molecular weight excluding hydrogens is 466 g/mol. The Hall–Kier alpha value is -2.70. The molecule has 1 aliphatic heterocycles. The second-order valence-corrected chi connectivity index (χ2v) is 10.1. The summed E-state index contributed by atoms with van der Waals surface area (Å²) in [5, 5.41) is 0. The van der Waals surface area contributed by atoms with Crippen LogP contribution in [-0.4, -0.2) is 79.2 Å². The van der Waals surface area contributed by atoms with Gasteiger partial charge in [0, 0.05) is 44.0 Å². The fraction of sp³-hybridized carbons (Fsp3) is 0.667. The number of methoxy groups -OCH3 is 1.